The van der Waals surface area contributed by atoms with Gasteiger partial charge in [0.05, 0.1) is 17.6 Å². The first-order chi connectivity index (χ1) is 14.5. The average molecular weight is 406 g/mol. The minimum absolute atomic E-state index is 0.122. The Morgan fingerprint density at radius 2 is 2.07 bits per heavy atom. The molecule has 1 saturated heterocycles. The smallest absolute Gasteiger partial charge is 0.274 e. The molecule has 4 heterocycles. The summed E-state index contributed by atoms with van der Waals surface area (Å²) in [4.78, 5) is 23.8. The van der Waals surface area contributed by atoms with Gasteiger partial charge in [0.15, 0.2) is 0 Å². The van der Waals surface area contributed by atoms with Crippen LogP contribution in [0.15, 0.2) is 41.1 Å². The number of fused-ring (bicyclic) bond motifs is 1. The van der Waals surface area contributed by atoms with Crippen LogP contribution in [-0.2, 0) is 0 Å². The number of hydrogen-bond acceptors (Lipinski definition) is 6. The van der Waals surface area contributed by atoms with Crippen molar-refractivity contribution >= 4 is 28.4 Å². The number of carbonyl (C=O) groups excluding carboxylic acids is 1. The van der Waals surface area contributed by atoms with E-state index >= 15 is 0 Å². The normalized spacial score (nSPS) is 26.0. The van der Waals surface area contributed by atoms with Gasteiger partial charge in [0.1, 0.15) is 11.5 Å². The Balaban J connectivity index is 1.38. The van der Waals surface area contributed by atoms with Crippen LogP contribution >= 0.6 is 0 Å². The van der Waals surface area contributed by atoms with Crippen molar-refractivity contribution in [2.24, 2.45) is 17.6 Å². The molecule has 2 aliphatic rings. The lowest BCUT2D eigenvalue weighted by atomic mass is 9.96. The van der Waals surface area contributed by atoms with Crippen LogP contribution in [0.2, 0.25) is 0 Å². The summed E-state index contributed by atoms with van der Waals surface area (Å²) in [6, 6.07) is 7.72. The summed E-state index contributed by atoms with van der Waals surface area (Å²) >= 11 is 0. The van der Waals surface area contributed by atoms with E-state index in [1.54, 1.807) is 18.5 Å². The minimum atomic E-state index is -0.279. The molecule has 7 heteroatoms. The molecule has 1 aliphatic heterocycles. The molecule has 3 N–H and O–H groups in total. The number of pyridine rings is 2. The maximum atomic E-state index is 12.9. The van der Waals surface area contributed by atoms with Gasteiger partial charge >= 0.3 is 0 Å². The second-order valence-electron chi connectivity index (χ2n) is 8.91. The topological polar surface area (TPSA) is 97.3 Å². The molecule has 0 radical (unpaired) electrons. The lowest BCUT2D eigenvalue weighted by Gasteiger charge is -2.37. The first kappa shape index (κ1) is 19.1. The number of piperidine rings is 1. The zero-order valence-electron chi connectivity index (χ0n) is 17.3. The SMILES string of the molecule is C[C@@H]1C[C@H](N)CN(c2ccncc2NC(=O)c2ccc3cc(C4C[C@@H]4C)oc3n2)C1. The van der Waals surface area contributed by atoms with Crippen molar-refractivity contribution in [1.29, 1.82) is 0 Å². The Morgan fingerprint density at radius 1 is 1.23 bits per heavy atom. The van der Waals surface area contributed by atoms with Crippen LogP contribution in [-0.4, -0.2) is 35.0 Å². The van der Waals surface area contributed by atoms with E-state index in [1.165, 1.54) is 0 Å². The number of nitrogens with one attached hydrogen (secondary N) is 1. The highest BCUT2D eigenvalue weighted by atomic mass is 16.3. The summed E-state index contributed by atoms with van der Waals surface area (Å²) < 4.78 is 5.92. The molecular formula is C23H27N5O2. The number of aromatic nitrogens is 2. The molecule has 0 aromatic carbocycles. The lowest BCUT2D eigenvalue weighted by molar-refractivity contribution is 0.102. The van der Waals surface area contributed by atoms with Gasteiger partial charge in [0.25, 0.3) is 5.91 Å². The van der Waals surface area contributed by atoms with Crippen LogP contribution in [0.25, 0.3) is 11.1 Å². The predicted octanol–water partition coefficient (Wildman–Crippen LogP) is 3.77. The van der Waals surface area contributed by atoms with Crippen LogP contribution in [0.1, 0.15) is 48.9 Å². The van der Waals surface area contributed by atoms with Crippen molar-refractivity contribution < 1.29 is 9.21 Å². The fourth-order valence-electron chi connectivity index (χ4n) is 4.51. The molecule has 1 unspecified atom stereocenters. The fraction of sp³-hybridized carbons (Fsp3) is 0.435. The summed E-state index contributed by atoms with van der Waals surface area (Å²) in [5, 5.41) is 3.91. The summed E-state index contributed by atoms with van der Waals surface area (Å²) in [7, 11) is 0. The Kier molecular flexibility index (Phi) is 4.70. The number of furan rings is 1. The van der Waals surface area contributed by atoms with Crippen molar-refractivity contribution in [3.05, 3.63) is 48.1 Å². The van der Waals surface area contributed by atoms with Crippen molar-refractivity contribution in [2.75, 3.05) is 23.3 Å². The molecule has 5 rings (SSSR count). The van der Waals surface area contributed by atoms with E-state index in [-0.39, 0.29) is 11.9 Å². The third-order valence-corrected chi connectivity index (χ3v) is 6.19. The molecule has 2 fully saturated rings. The fourth-order valence-corrected chi connectivity index (χ4v) is 4.51. The molecular weight excluding hydrogens is 378 g/mol. The molecule has 0 bridgehead atoms. The summed E-state index contributed by atoms with van der Waals surface area (Å²) in [5.41, 5.74) is 8.66. The van der Waals surface area contributed by atoms with Gasteiger partial charge in [-0.15, -0.1) is 0 Å². The molecule has 7 nitrogen and oxygen atoms in total. The average Bonchev–Trinajstić information content (AvgIpc) is 3.29. The van der Waals surface area contributed by atoms with Gasteiger partial charge in [-0.1, -0.05) is 13.8 Å². The first-order valence-electron chi connectivity index (χ1n) is 10.6. The van der Waals surface area contributed by atoms with E-state index in [2.05, 4.69) is 34.0 Å². The summed E-state index contributed by atoms with van der Waals surface area (Å²) in [6.07, 6.45) is 5.58. The van der Waals surface area contributed by atoms with Crippen LogP contribution in [0.4, 0.5) is 11.4 Å². The van der Waals surface area contributed by atoms with Crippen LogP contribution in [0.5, 0.6) is 0 Å². The quantitative estimate of drug-likeness (QED) is 0.686. The van der Waals surface area contributed by atoms with Crippen molar-refractivity contribution in [1.82, 2.24) is 9.97 Å². The molecule has 1 aliphatic carbocycles. The maximum Gasteiger partial charge on any atom is 0.274 e. The summed E-state index contributed by atoms with van der Waals surface area (Å²) in [6.45, 7) is 6.08. The van der Waals surface area contributed by atoms with E-state index in [4.69, 9.17) is 10.2 Å². The molecule has 4 atom stereocenters. The molecule has 30 heavy (non-hydrogen) atoms. The van der Waals surface area contributed by atoms with Gasteiger partial charge in [-0.25, -0.2) is 4.98 Å². The van der Waals surface area contributed by atoms with Crippen molar-refractivity contribution in [3.63, 3.8) is 0 Å². The minimum Gasteiger partial charge on any atom is -0.442 e. The van der Waals surface area contributed by atoms with Crippen molar-refractivity contribution in [2.45, 2.75) is 38.6 Å². The van der Waals surface area contributed by atoms with Gasteiger partial charge in [-0.05, 0) is 48.9 Å². The second kappa shape index (κ2) is 7.40. The van der Waals surface area contributed by atoms with Crippen molar-refractivity contribution in [3.8, 4) is 0 Å². The zero-order valence-corrected chi connectivity index (χ0v) is 17.3. The highest BCUT2D eigenvalue weighted by Gasteiger charge is 2.37. The first-order valence-corrected chi connectivity index (χ1v) is 10.6. The number of carbonyl (C=O) groups is 1. The second-order valence-corrected chi connectivity index (χ2v) is 8.91. The monoisotopic (exact) mass is 405 g/mol. The van der Waals surface area contributed by atoms with Gasteiger partial charge in [-0.2, -0.15) is 0 Å². The van der Waals surface area contributed by atoms with E-state index in [1.807, 2.05) is 18.2 Å². The van der Waals surface area contributed by atoms with Crippen LogP contribution in [0, 0.1) is 11.8 Å². The van der Waals surface area contributed by atoms with E-state index in [0.29, 0.717) is 34.8 Å². The van der Waals surface area contributed by atoms with E-state index < -0.39 is 0 Å². The number of nitrogens with zero attached hydrogens (tertiary/aromatic N) is 3. The third-order valence-electron chi connectivity index (χ3n) is 6.19. The molecule has 0 spiro atoms. The molecule has 1 saturated carbocycles. The number of rotatable bonds is 4. The summed E-state index contributed by atoms with van der Waals surface area (Å²) in [5.74, 6) is 2.32. The molecule has 1 amide bonds. The zero-order chi connectivity index (χ0) is 20.8. The molecule has 156 valence electrons. The van der Waals surface area contributed by atoms with Crippen LogP contribution in [0.3, 0.4) is 0 Å². The third kappa shape index (κ3) is 3.65. The van der Waals surface area contributed by atoms with Crippen LogP contribution < -0.4 is 16.0 Å². The van der Waals surface area contributed by atoms with E-state index in [0.717, 1.165) is 42.8 Å². The van der Waals surface area contributed by atoms with Gasteiger partial charge in [0.2, 0.25) is 5.71 Å². The van der Waals surface area contributed by atoms with Gasteiger partial charge < -0.3 is 20.4 Å². The van der Waals surface area contributed by atoms with Gasteiger partial charge in [-0.3, -0.25) is 9.78 Å². The number of amides is 1. The Hall–Kier alpha value is -2.93. The predicted molar refractivity (Wildman–Crippen MR) is 117 cm³/mol. The molecule has 3 aromatic heterocycles. The number of hydrogen-bond donors (Lipinski definition) is 2. The van der Waals surface area contributed by atoms with Gasteiger partial charge in [0, 0.05) is 36.6 Å². The number of anilines is 2. The highest BCUT2D eigenvalue weighted by Crippen LogP contribution is 2.48. The highest BCUT2D eigenvalue weighted by molar-refractivity contribution is 6.05. The van der Waals surface area contributed by atoms with E-state index in [9.17, 15) is 4.79 Å². The lowest BCUT2D eigenvalue weighted by Crippen LogP contribution is -2.46. The maximum absolute atomic E-state index is 12.9. The Bertz CT molecular complexity index is 1080. The largest absolute Gasteiger partial charge is 0.442 e. The molecule has 3 aromatic rings. The standard InChI is InChI=1S/C23H27N5O2/c1-13-7-16(24)12-28(11-13)20-5-6-25-10-19(20)26-22(29)18-4-3-15-9-21(17-8-14(17)2)30-23(15)27-18/h3-6,9-10,13-14,16-17H,7-8,11-12,24H2,1-2H3,(H,26,29)/t13-,14+,16+,17?/m1/s1. The Labute approximate surface area is 175 Å². The number of nitrogens with two attached hydrogens (primary N) is 1. The Morgan fingerprint density at radius 3 is 2.83 bits per heavy atom.